The third-order valence-corrected chi connectivity index (χ3v) is 2.50. The van der Waals surface area contributed by atoms with E-state index < -0.39 is 11.5 Å². The van der Waals surface area contributed by atoms with Crippen LogP contribution in [0.1, 0.15) is 6.92 Å². The zero-order valence-corrected chi connectivity index (χ0v) is 7.03. The lowest BCUT2D eigenvalue weighted by molar-refractivity contribution is 0.124. The maximum atomic E-state index is 10.5. The molecule has 2 unspecified atom stereocenters. The molecule has 1 rings (SSSR count). The molecule has 0 radical (unpaired) electrons. The summed E-state index contributed by atoms with van der Waals surface area (Å²) in [4.78, 5) is 11.8. The predicted octanol–water partition coefficient (Wildman–Crippen LogP) is -0.694. The number of nitrogens with zero attached hydrogens (tertiary/aromatic N) is 1. The van der Waals surface area contributed by atoms with Crippen LogP contribution in [0.5, 0.6) is 0 Å². The summed E-state index contributed by atoms with van der Waals surface area (Å²) in [5.74, 6) is 0. The standard InChI is InChI=1S/C7H14N2O3/c1-7(4-10)3-9(6(11)12)2-5(7)8/h5,10H,2-4,8H2,1H3,(H,11,12). The van der Waals surface area contributed by atoms with Gasteiger partial charge >= 0.3 is 6.09 Å². The molecule has 0 aromatic rings. The lowest BCUT2D eigenvalue weighted by Gasteiger charge is -2.24. The molecular formula is C7H14N2O3. The van der Waals surface area contributed by atoms with Crippen molar-refractivity contribution in [1.82, 2.24) is 4.90 Å². The van der Waals surface area contributed by atoms with Crippen LogP contribution < -0.4 is 5.73 Å². The Balaban J connectivity index is 2.68. The van der Waals surface area contributed by atoms with Crippen LogP contribution >= 0.6 is 0 Å². The quantitative estimate of drug-likeness (QED) is 0.491. The van der Waals surface area contributed by atoms with E-state index in [1.54, 1.807) is 6.92 Å². The molecule has 0 saturated carbocycles. The number of aliphatic hydroxyl groups is 1. The van der Waals surface area contributed by atoms with Crippen molar-refractivity contribution in [1.29, 1.82) is 0 Å². The van der Waals surface area contributed by atoms with E-state index in [1.807, 2.05) is 0 Å². The highest BCUT2D eigenvalue weighted by atomic mass is 16.4. The second-order valence-electron chi connectivity index (χ2n) is 3.58. The molecule has 1 aliphatic rings. The number of hydrogen-bond acceptors (Lipinski definition) is 3. The number of aliphatic hydroxyl groups excluding tert-OH is 1. The van der Waals surface area contributed by atoms with Gasteiger partial charge in [0.25, 0.3) is 0 Å². The Hall–Kier alpha value is -0.810. The Kier molecular flexibility index (Phi) is 2.25. The number of hydrogen-bond donors (Lipinski definition) is 3. The van der Waals surface area contributed by atoms with Crippen LogP contribution in [0, 0.1) is 5.41 Å². The van der Waals surface area contributed by atoms with E-state index in [1.165, 1.54) is 4.90 Å². The third kappa shape index (κ3) is 1.37. The lowest BCUT2D eigenvalue weighted by Crippen LogP contribution is -2.40. The minimum atomic E-state index is -0.970. The highest BCUT2D eigenvalue weighted by Gasteiger charge is 2.42. The highest BCUT2D eigenvalue weighted by molar-refractivity contribution is 5.65. The first-order valence-electron chi connectivity index (χ1n) is 3.84. The summed E-state index contributed by atoms with van der Waals surface area (Å²) < 4.78 is 0. The van der Waals surface area contributed by atoms with Gasteiger partial charge in [-0.25, -0.2) is 4.79 Å². The lowest BCUT2D eigenvalue weighted by atomic mass is 9.87. The third-order valence-electron chi connectivity index (χ3n) is 2.50. The fourth-order valence-corrected chi connectivity index (χ4v) is 1.39. The van der Waals surface area contributed by atoms with Crippen LogP contribution in [0.15, 0.2) is 0 Å². The van der Waals surface area contributed by atoms with Crippen molar-refractivity contribution in [2.75, 3.05) is 19.7 Å². The van der Waals surface area contributed by atoms with Crippen molar-refractivity contribution < 1.29 is 15.0 Å². The number of rotatable bonds is 1. The molecule has 1 amide bonds. The minimum absolute atomic E-state index is 0.0715. The summed E-state index contributed by atoms with van der Waals surface area (Å²) in [5.41, 5.74) is 5.21. The SMILES string of the molecule is CC1(CO)CN(C(=O)O)CC1N. The Morgan fingerprint density at radius 3 is 2.67 bits per heavy atom. The van der Waals surface area contributed by atoms with Crippen molar-refractivity contribution in [2.45, 2.75) is 13.0 Å². The molecule has 1 saturated heterocycles. The van der Waals surface area contributed by atoms with Gasteiger partial charge in [0.2, 0.25) is 0 Å². The second-order valence-corrected chi connectivity index (χ2v) is 3.58. The van der Waals surface area contributed by atoms with Gasteiger partial charge in [0.1, 0.15) is 0 Å². The number of likely N-dealkylation sites (tertiary alicyclic amines) is 1. The molecule has 1 aliphatic heterocycles. The van der Waals surface area contributed by atoms with Crippen molar-refractivity contribution in [3.05, 3.63) is 0 Å². The number of carboxylic acid groups (broad SMARTS) is 1. The average molecular weight is 174 g/mol. The van der Waals surface area contributed by atoms with Gasteiger partial charge in [-0.15, -0.1) is 0 Å². The molecular weight excluding hydrogens is 160 g/mol. The molecule has 4 N–H and O–H groups in total. The van der Waals surface area contributed by atoms with Gasteiger partial charge in [0.05, 0.1) is 6.61 Å². The Labute approximate surface area is 70.8 Å². The van der Waals surface area contributed by atoms with Crippen molar-refractivity contribution >= 4 is 6.09 Å². The number of amides is 1. The molecule has 0 aromatic heterocycles. The van der Waals surface area contributed by atoms with Crippen LogP contribution in [0.2, 0.25) is 0 Å². The normalized spacial score (nSPS) is 35.6. The average Bonchev–Trinajstić information content (AvgIpc) is 2.30. The van der Waals surface area contributed by atoms with Crippen molar-refractivity contribution in [3.63, 3.8) is 0 Å². The number of nitrogens with two attached hydrogens (primary N) is 1. The molecule has 1 fully saturated rings. The van der Waals surface area contributed by atoms with E-state index >= 15 is 0 Å². The summed E-state index contributed by atoms with van der Waals surface area (Å²) in [5, 5.41) is 17.6. The molecule has 2 atom stereocenters. The molecule has 1 heterocycles. The van der Waals surface area contributed by atoms with Gasteiger partial charge in [-0.1, -0.05) is 6.92 Å². The Morgan fingerprint density at radius 2 is 2.42 bits per heavy atom. The van der Waals surface area contributed by atoms with E-state index in [-0.39, 0.29) is 12.6 Å². The first kappa shape index (κ1) is 9.28. The van der Waals surface area contributed by atoms with E-state index in [4.69, 9.17) is 15.9 Å². The van der Waals surface area contributed by atoms with Crippen LogP contribution in [0.4, 0.5) is 4.79 Å². The van der Waals surface area contributed by atoms with Gasteiger partial charge in [0, 0.05) is 24.5 Å². The minimum Gasteiger partial charge on any atom is -0.465 e. The van der Waals surface area contributed by atoms with Crippen molar-refractivity contribution in [3.8, 4) is 0 Å². The molecule has 0 bridgehead atoms. The zero-order valence-electron chi connectivity index (χ0n) is 7.03. The van der Waals surface area contributed by atoms with Gasteiger partial charge < -0.3 is 20.8 Å². The molecule has 12 heavy (non-hydrogen) atoms. The van der Waals surface area contributed by atoms with E-state index in [2.05, 4.69) is 0 Å². The maximum absolute atomic E-state index is 10.5. The summed E-state index contributed by atoms with van der Waals surface area (Å²) >= 11 is 0. The Morgan fingerprint density at radius 1 is 1.83 bits per heavy atom. The van der Waals surface area contributed by atoms with Crippen LogP contribution in [-0.2, 0) is 0 Å². The van der Waals surface area contributed by atoms with Gasteiger partial charge in [-0.2, -0.15) is 0 Å². The largest absolute Gasteiger partial charge is 0.465 e. The first-order chi connectivity index (χ1) is 5.49. The smallest absolute Gasteiger partial charge is 0.407 e. The predicted molar refractivity (Wildman–Crippen MR) is 42.8 cm³/mol. The van der Waals surface area contributed by atoms with Gasteiger partial charge in [-0.3, -0.25) is 0 Å². The zero-order chi connectivity index (χ0) is 9.35. The summed E-state index contributed by atoms with van der Waals surface area (Å²) in [6.45, 7) is 2.35. The van der Waals surface area contributed by atoms with Crippen LogP contribution in [0.3, 0.4) is 0 Å². The molecule has 0 aliphatic carbocycles. The molecule has 5 heteroatoms. The topological polar surface area (TPSA) is 86.8 Å². The molecule has 5 nitrogen and oxygen atoms in total. The van der Waals surface area contributed by atoms with E-state index in [0.717, 1.165) is 0 Å². The highest BCUT2D eigenvalue weighted by Crippen LogP contribution is 2.27. The van der Waals surface area contributed by atoms with Gasteiger partial charge in [0.15, 0.2) is 0 Å². The molecule has 70 valence electrons. The van der Waals surface area contributed by atoms with Crippen LogP contribution in [-0.4, -0.2) is 46.9 Å². The monoisotopic (exact) mass is 174 g/mol. The molecule has 0 aromatic carbocycles. The first-order valence-corrected chi connectivity index (χ1v) is 3.84. The van der Waals surface area contributed by atoms with Crippen LogP contribution in [0.25, 0.3) is 0 Å². The summed E-state index contributed by atoms with van der Waals surface area (Å²) in [6.07, 6.45) is -0.970. The second kappa shape index (κ2) is 2.91. The molecule has 0 spiro atoms. The number of carbonyl (C=O) groups is 1. The fraction of sp³-hybridized carbons (Fsp3) is 0.857. The summed E-state index contributed by atoms with van der Waals surface area (Å²) in [7, 11) is 0. The maximum Gasteiger partial charge on any atom is 0.407 e. The Bertz CT molecular complexity index is 197. The summed E-state index contributed by atoms with van der Waals surface area (Å²) in [6, 6.07) is -0.265. The fourth-order valence-electron chi connectivity index (χ4n) is 1.39. The van der Waals surface area contributed by atoms with E-state index in [0.29, 0.717) is 13.1 Å². The van der Waals surface area contributed by atoms with Crippen molar-refractivity contribution in [2.24, 2.45) is 11.1 Å². The van der Waals surface area contributed by atoms with Gasteiger partial charge in [-0.05, 0) is 0 Å². The van der Waals surface area contributed by atoms with E-state index in [9.17, 15) is 4.79 Å².